The Kier molecular flexibility index (Phi) is 4.75. The van der Waals surface area contributed by atoms with E-state index in [1.54, 1.807) is 14.2 Å². The molecule has 2 aliphatic heterocycles. The molecule has 2 aromatic carbocycles. The van der Waals surface area contributed by atoms with Crippen LogP contribution in [0.5, 0.6) is 0 Å². The number of ether oxygens (including phenoxy) is 2. The number of hydrogen-bond acceptors (Lipinski definition) is 4. The molecule has 132 valence electrons. The van der Waals surface area contributed by atoms with Crippen molar-refractivity contribution in [2.24, 2.45) is 0 Å². The van der Waals surface area contributed by atoms with E-state index >= 15 is 0 Å². The number of methoxy groups -OCH3 is 2. The van der Waals surface area contributed by atoms with Gasteiger partial charge in [0.25, 0.3) is 0 Å². The van der Waals surface area contributed by atoms with Crippen LogP contribution in [0.15, 0.2) is 54.3 Å². The normalized spacial score (nSPS) is 24.8. The Morgan fingerprint density at radius 3 is 2.68 bits per heavy atom. The first-order valence-corrected chi connectivity index (χ1v) is 9.06. The maximum atomic E-state index is 5.74. The van der Waals surface area contributed by atoms with Gasteiger partial charge in [-0.2, -0.15) is 0 Å². The fraction of sp³-hybridized carbons (Fsp3) is 0.429. The highest BCUT2D eigenvalue weighted by Gasteiger charge is 2.38. The first-order valence-electron chi connectivity index (χ1n) is 9.06. The number of fused-ring (bicyclic) bond motifs is 1. The summed E-state index contributed by atoms with van der Waals surface area (Å²) in [4.78, 5) is 0. The van der Waals surface area contributed by atoms with E-state index in [1.807, 2.05) is 0 Å². The predicted octanol–water partition coefficient (Wildman–Crippen LogP) is 3.75. The van der Waals surface area contributed by atoms with Gasteiger partial charge in [-0.05, 0) is 41.3 Å². The average Bonchev–Trinajstić information content (AvgIpc) is 3.27. The van der Waals surface area contributed by atoms with E-state index in [-0.39, 0.29) is 6.04 Å². The van der Waals surface area contributed by atoms with Gasteiger partial charge < -0.3 is 9.47 Å². The SMILES string of the molecule is COC[C@@H]1CCCN1N1CC=C(OC)[C@@H]1c1ccc2ccccc2c1. The molecule has 2 aromatic rings. The van der Waals surface area contributed by atoms with Gasteiger partial charge in [0.2, 0.25) is 0 Å². The Morgan fingerprint density at radius 1 is 1.04 bits per heavy atom. The lowest BCUT2D eigenvalue weighted by Crippen LogP contribution is -2.47. The Labute approximate surface area is 149 Å². The van der Waals surface area contributed by atoms with Crippen LogP contribution in [0.25, 0.3) is 10.8 Å². The third-order valence-electron chi connectivity index (χ3n) is 5.41. The maximum Gasteiger partial charge on any atom is 0.116 e. The molecule has 2 atom stereocenters. The van der Waals surface area contributed by atoms with Crippen molar-refractivity contribution in [1.82, 2.24) is 10.0 Å². The molecule has 25 heavy (non-hydrogen) atoms. The van der Waals surface area contributed by atoms with E-state index in [0.717, 1.165) is 25.5 Å². The average molecular weight is 338 g/mol. The summed E-state index contributed by atoms with van der Waals surface area (Å²) in [6.07, 6.45) is 4.62. The number of hydrogen-bond donors (Lipinski definition) is 0. The van der Waals surface area contributed by atoms with Gasteiger partial charge in [-0.15, -0.1) is 0 Å². The predicted molar refractivity (Wildman–Crippen MR) is 100 cm³/mol. The van der Waals surface area contributed by atoms with Crippen molar-refractivity contribution < 1.29 is 9.47 Å². The molecule has 4 nitrogen and oxygen atoms in total. The van der Waals surface area contributed by atoms with Gasteiger partial charge in [-0.3, -0.25) is 0 Å². The highest BCUT2D eigenvalue weighted by atomic mass is 16.5. The van der Waals surface area contributed by atoms with E-state index in [0.29, 0.717) is 6.04 Å². The molecule has 0 saturated carbocycles. The molecular weight excluding hydrogens is 312 g/mol. The van der Waals surface area contributed by atoms with Crippen molar-refractivity contribution in [3.8, 4) is 0 Å². The molecule has 0 unspecified atom stereocenters. The molecule has 4 heteroatoms. The number of hydrazine groups is 1. The Hall–Kier alpha value is -1.88. The van der Waals surface area contributed by atoms with Crippen LogP contribution in [0.1, 0.15) is 24.4 Å². The molecule has 2 aliphatic rings. The Morgan fingerprint density at radius 2 is 1.88 bits per heavy atom. The minimum Gasteiger partial charge on any atom is -0.499 e. The molecule has 1 fully saturated rings. The molecule has 0 amide bonds. The third-order valence-corrected chi connectivity index (χ3v) is 5.41. The van der Waals surface area contributed by atoms with Gasteiger partial charge in [0.05, 0.1) is 13.7 Å². The summed E-state index contributed by atoms with van der Waals surface area (Å²) in [6.45, 7) is 2.76. The minimum atomic E-state index is 0.145. The zero-order valence-electron chi connectivity index (χ0n) is 15.0. The van der Waals surface area contributed by atoms with Crippen molar-refractivity contribution in [3.63, 3.8) is 0 Å². The Bertz CT molecular complexity index is 773. The fourth-order valence-corrected chi connectivity index (χ4v) is 4.23. The molecular formula is C21H26N2O2. The van der Waals surface area contributed by atoms with Crippen molar-refractivity contribution in [1.29, 1.82) is 0 Å². The standard InChI is InChI=1S/C21H26N2O2/c1-24-15-19-8-5-12-22(19)23-13-11-20(25-2)21(23)18-10-9-16-6-3-4-7-17(16)14-18/h3-4,6-7,9-11,14,19,21H,5,8,12-13,15H2,1-2H3/t19-,21-/m0/s1. The molecule has 0 bridgehead atoms. The largest absolute Gasteiger partial charge is 0.499 e. The fourth-order valence-electron chi connectivity index (χ4n) is 4.23. The zero-order valence-corrected chi connectivity index (χ0v) is 15.0. The van der Waals surface area contributed by atoms with Crippen molar-refractivity contribution >= 4 is 10.8 Å². The van der Waals surface area contributed by atoms with Crippen LogP contribution in [0.4, 0.5) is 0 Å². The Balaban J connectivity index is 1.68. The van der Waals surface area contributed by atoms with Crippen LogP contribution in [-0.2, 0) is 9.47 Å². The third kappa shape index (κ3) is 3.06. The van der Waals surface area contributed by atoms with Crippen molar-refractivity contribution in [3.05, 3.63) is 59.9 Å². The topological polar surface area (TPSA) is 24.9 Å². The summed E-state index contributed by atoms with van der Waals surface area (Å²) < 4.78 is 11.2. The second-order valence-corrected chi connectivity index (χ2v) is 6.86. The molecule has 0 radical (unpaired) electrons. The summed E-state index contributed by atoms with van der Waals surface area (Å²) in [6, 6.07) is 15.9. The van der Waals surface area contributed by atoms with Gasteiger partial charge in [0.15, 0.2) is 0 Å². The molecule has 2 heterocycles. The van der Waals surface area contributed by atoms with Crippen LogP contribution >= 0.6 is 0 Å². The van der Waals surface area contributed by atoms with E-state index in [2.05, 4.69) is 58.6 Å². The lowest BCUT2D eigenvalue weighted by molar-refractivity contribution is -0.0692. The van der Waals surface area contributed by atoms with Crippen LogP contribution in [0.3, 0.4) is 0 Å². The second kappa shape index (κ2) is 7.16. The number of rotatable bonds is 5. The minimum absolute atomic E-state index is 0.145. The van der Waals surface area contributed by atoms with E-state index in [9.17, 15) is 0 Å². The molecule has 4 rings (SSSR count). The van der Waals surface area contributed by atoms with Gasteiger partial charge in [0, 0.05) is 26.2 Å². The lowest BCUT2D eigenvalue weighted by atomic mass is 10.0. The van der Waals surface area contributed by atoms with Crippen LogP contribution < -0.4 is 0 Å². The molecule has 1 saturated heterocycles. The highest BCUT2D eigenvalue weighted by Crippen LogP contribution is 2.38. The van der Waals surface area contributed by atoms with Crippen LogP contribution in [0, 0.1) is 0 Å². The van der Waals surface area contributed by atoms with Gasteiger partial charge in [-0.1, -0.05) is 36.4 Å². The van der Waals surface area contributed by atoms with Gasteiger partial charge >= 0.3 is 0 Å². The first kappa shape index (κ1) is 16.6. The van der Waals surface area contributed by atoms with Crippen molar-refractivity contribution in [2.75, 3.05) is 33.9 Å². The zero-order chi connectivity index (χ0) is 17.2. The maximum absolute atomic E-state index is 5.74. The van der Waals surface area contributed by atoms with Crippen molar-refractivity contribution in [2.45, 2.75) is 24.9 Å². The quantitative estimate of drug-likeness (QED) is 0.829. The molecule has 0 aromatic heterocycles. The molecule has 0 N–H and O–H groups in total. The van der Waals surface area contributed by atoms with E-state index < -0.39 is 0 Å². The summed E-state index contributed by atoms with van der Waals surface area (Å²) in [5, 5.41) is 7.50. The summed E-state index contributed by atoms with van der Waals surface area (Å²) in [5.41, 5.74) is 1.28. The summed E-state index contributed by atoms with van der Waals surface area (Å²) >= 11 is 0. The summed E-state index contributed by atoms with van der Waals surface area (Å²) in [7, 11) is 3.57. The summed E-state index contributed by atoms with van der Waals surface area (Å²) in [5.74, 6) is 1.04. The highest BCUT2D eigenvalue weighted by molar-refractivity contribution is 5.83. The van der Waals surface area contributed by atoms with Gasteiger partial charge in [0.1, 0.15) is 11.8 Å². The first-order chi connectivity index (χ1) is 12.3. The lowest BCUT2D eigenvalue weighted by Gasteiger charge is -2.38. The second-order valence-electron chi connectivity index (χ2n) is 6.86. The van der Waals surface area contributed by atoms with E-state index in [4.69, 9.17) is 9.47 Å². The monoisotopic (exact) mass is 338 g/mol. The number of benzene rings is 2. The smallest absolute Gasteiger partial charge is 0.116 e. The number of nitrogens with zero attached hydrogens (tertiary/aromatic N) is 2. The molecule has 0 spiro atoms. The van der Waals surface area contributed by atoms with E-state index in [1.165, 1.54) is 29.2 Å². The van der Waals surface area contributed by atoms with Gasteiger partial charge in [-0.25, -0.2) is 10.0 Å². The van der Waals surface area contributed by atoms with Crippen LogP contribution in [0.2, 0.25) is 0 Å². The van der Waals surface area contributed by atoms with Crippen LogP contribution in [-0.4, -0.2) is 50.0 Å². The molecule has 0 aliphatic carbocycles.